The Labute approximate surface area is 123 Å². The van der Waals surface area contributed by atoms with Crippen molar-refractivity contribution in [2.45, 2.75) is 6.42 Å². The number of hydrogen-bond donors (Lipinski definition) is 2. The van der Waals surface area contributed by atoms with E-state index < -0.39 is 5.97 Å². The second-order valence-electron chi connectivity index (χ2n) is 3.37. The molecule has 1 rings (SSSR count). The minimum Gasteiger partial charge on any atom is -0.487 e. The maximum Gasteiger partial charge on any atom is 0.304 e. The Morgan fingerprint density at radius 3 is 2.84 bits per heavy atom. The molecule has 0 bridgehead atoms. The standard InChI is InChI=1S/C11H15NO4S3/c1-16-11-8(2-5-17-11)10(15)12-4-7-19-18-6-3-9(13)14/h2,5H,3-4,6-7H2,1H3,(H,12,15)(H,13,14). The SMILES string of the molecule is COc1sccc1C(=O)NCCSSCCC(=O)O. The van der Waals surface area contributed by atoms with Gasteiger partial charge in [-0.3, -0.25) is 9.59 Å². The number of ether oxygens (including phenoxy) is 1. The Bertz CT molecular complexity index is 422. The Morgan fingerprint density at radius 2 is 2.16 bits per heavy atom. The van der Waals surface area contributed by atoms with E-state index in [4.69, 9.17) is 9.84 Å². The third-order valence-corrected chi connectivity index (χ3v) is 5.29. The van der Waals surface area contributed by atoms with E-state index >= 15 is 0 Å². The van der Waals surface area contributed by atoms with E-state index in [9.17, 15) is 9.59 Å². The van der Waals surface area contributed by atoms with Gasteiger partial charge in [0.1, 0.15) is 0 Å². The zero-order valence-corrected chi connectivity index (χ0v) is 12.8. The van der Waals surface area contributed by atoms with Gasteiger partial charge in [-0.05, 0) is 11.4 Å². The first-order valence-corrected chi connectivity index (χ1v) is 8.87. The van der Waals surface area contributed by atoms with E-state index in [1.165, 1.54) is 29.2 Å². The Kier molecular flexibility index (Phi) is 7.76. The molecule has 0 aliphatic heterocycles. The van der Waals surface area contributed by atoms with Crippen molar-refractivity contribution < 1.29 is 19.4 Å². The number of methoxy groups -OCH3 is 1. The summed E-state index contributed by atoms with van der Waals surface area (Å²) in [4.78, 5) is 22.1. The molecular formula is C11H15NO4S3. The van der Waals surface area contributed by atoms with Crippen LogP contribution in [-0.2, 0) is 4.79 Å². The second kappa shape index (κ2) is 9.11. The fraction of sp³-hybridized carbons (Fsp3) is 0.455. The first-order valence-electron chi connectivity index (χ1n) is 5.51. The molecule has 0 aromatic carbocycles. The van der Waals surface area contributed by atoms with E-state index in [1.54, 1.807) is 16.9 Å². The Balaban J connectivity index is 2.13. The van der Waals surface area contributed by atoms with Crippen molar-refractivity contribution in [3.05, 3.63) is 17.0 Å². The van der Waals surface area contributed by atoms with Crippen LogP contribution in [0.25, 0.3) is 0 Å². The van der Waals surface area contributed by atoms with Crippen molar-refractivity contribution >= 4 is 44.8 Å². The van der Waals surface area contributed by atoms with Crippen LogP contribution in [0, 0.1) is 0 Å². The van der Waals surface area contributed by atoms with Gasteiger partial charge in [-0.25, -0.2) is 0 Å². The maximum absolute atomic E-state index is 11.8. The third kappa shape index (κ3) is 6.22. The van der Waals surface area contributed by atoms with Crippen LogP contribution in [0.2, 0.25) is 0 Å². The van der Waals surface area contributed by atoms with Gasteiger partial charge in [-0.15, -0.1) is 11.3 Å². The topological polar surface area (TPSA) is 75.6 Å². The number of thiophene rings is 1. The number of aliphatic carboxylic acids is 1. The molecule has 1 amide bonds. The molecule has 1 heterocycles. The van der Waals surface area contributed by atoms with Crippen molar-refractivity contribution in [3.63, 3.8) is 0 Å². The molecule has 2 N–H and O–H groups in total. The van der Waals surface area contributed by atoms with Crippen LogP contribution in [0.4, 0.5) is 0 Å². The van der Waals surface area contributed by atoms with Gasteiger partial charge in [0, 0.05) is 18.1 Å². The van der Waals surface area contributed by atoms with Gasteiger partial charge >= 0.3 is 5.97 Å². The molecule has 0 aliphatic carbocycles. The largest absolute Gasteiger partial charge is 0.487 e. The number of nitrogens with one attached hydrogen (secondary N) is 1. The lowest BCUT2D eigenvalue weighted by molar-refractivity contribution is -0.136. The summed E-state index contributed by atoms with van der Waals surface area (Å²) in [6.07, 6.45) is 0.163. The third-order valence-electron chi connectivity index (χ3n) is 2.01. The van der Waals surface area contributed by atoms with Crippen LogP contribution in [0.1, 0.15) is 16.8 Å². The summed E-state index contributed by atoms with van der Waals surface area (Å²) in [6.45, 7) is 0.544. The molecule has 0 saturated carbocycles. The average Bonchev–Trinajstić information content (AvgIpc) is 2.85. The van der Waals surface area contributed by atoms with Gasteiger partial charge in [-0.2, -0.15) is 0 Å². The molecule has 0 unspecified atom stereocenters. The molecule has 0 fully saturated rings. The molecule has 1 aromatic rings. The Morgan fingerprint density at radius 1 is 1.42 bits per heavy atom. The lowest BCUT2D eigenvalue weighted by atomic mass is 10.3. The summed E-state index contributed by atoms with van der Waals surface area (Å²) >= 11 is 1.38. The molecule has 0 atom stereocenters. The van der Waals surface area contributed by atoms with Gasteiger partial charge < -0.3 is 15.2 Å². The van der Waals surface area contributed by atoms with E-state index in [2.05, 4.69) is 5.32 Å². The first kappa shape index (κ1) is 16.2. The minimum atomic E-state index is -0.786. The summed E-state index contributed by atoms with van der Waals surface area (Å²) in [5.74, 6) is 0.384. The molecule has 106 valence electrons. The number of carboxylic acid groups (broad SMARTS) is 1. The summed E-state index contributed by atoms with van der Waals surface area (Å²) in [5.41, 5.74) is 0.552. The lowest BCUT2D eigenvalue weighted by Crippen LogP contribution is -2.25. The quantitative estimate of drug-likeness (QED) is 0.537. The highest BCUT2D eigenvalue weighted by atomic mass is 33.1. The van der Waals surface area contributed by atoms with Crippen LogP contribution in [0.5, 0.6) is 5.06 Å². The predicted molar refractivity (Wildman–Crippen MR) is 80.4 cm³/mol. The summed E-state index contributed by atoms with van der Waals surface area (Å²) < 4.78 is 5.08. The fourth-order valence-corrected chi connectivity index (χ4v) is 3.77. The van der Waals surface area contributed by atoms with Crippen LogP contribution in [0.3, 0.4) is 0 Å². The van der Waals surface area contributed by atoms with Crippen LogP contribution in [-0.4, -0.2) is 42.1 Å². The number of carbonyl (C=O) groups is 2. The summed E-state index contributed by atoms with van der Waals surface area (Å²) in [5, 5.41) is 13.7. The molecule has 8 heteroatoms. The highest BCUT2D eigenvalue weighted by Gasteiger charge is 2.12. The van der Waals surface area contributed by atoms with Crippen molar-refractivity contribution in [1.82, 2.24) is 5.32 Å². The molecule has 1 aromatic heterocycles. The molecule has 5 nitrogen and oxygen atoms in total. The highest BCUT2D eigenvalue weighted by Crippen LogP contribution is 2.25. The lowest BCUT2D eigenvalue weighted by Gasteiger charge is -2.05. The van der Waals surface area contributed by atoms with Gasteiger partial charge in [0.15, 0.2) is 5.06 Å². The van der Waals surface area contributed by atoms with Gasteiger partial charge in [0.25, 0.3) is 5.91 Å². The number of amides is 1. The monoisotopic (exact) mass is 321 g/mol. The van der Waals surface area contributed by atoms with Crippen molar-refractivity contribution in [3.8, 4) is 5.06 Å². The normalized spacial score (nSPS) is 10.2. The number of rotatable bonds is 9. The smallest absolute Gasteiger partial charge is 0.304 e. The first-order chi connectivity index (χ1) is 9.15. The van der Waals surface area contributed by atoms with E-state index in [1.807, 2.05) is 5.38 Å². The summed E-state index contributed by atoms with van der Waals surface area (Å²) in [7, 11) is 4.59. The van der Waals surface area contributed by atoms with Crippen LogP contribution >= 0.6 is 32.9 Å². The van der Waals surface area contributed by atoms with E-state index in [-0.39, 0.29) is 12.3 Å². The van der Waals surface area contributed by atoms with Gasteiger partial charge in [-0.1, -0.05) is 21.6 Å². The maximum atomic E-state index is 11.8. The van der Waals surface area contributed by atoms with Crippen molar-refractivity contribution in [2.24, 2.45) is 0 Å². The van der Waals surface area contributed by atoms with Crippen molar-refractivity contribution in [2.75, 3.05) is 25.2 Å². The Hall–Kier alpha value is -0.860. The number of hydrogen-bond acceptors (Lipinski definition) is 6. The predicted octanol–water partition coefficient (Wildman–Crippen LogP) is 2.34. The highest BCUT2D eigenvalue weighted by molar-refractivity contribution is 8.76. The van der Waals surface area contributed by atoms with Crippen LogP contribution in [0.15, 0.2) is 11.4 Å². The molecule has 0 saturated heterocycles. The van der Waals surface area contributed by atoms with E-state index in [0.717, 1.165) is 5.75 Å². The van der Waals surface area contributed by atoms with E-state index in [0.29, 0.717) is 22.9 Å². The van der Waals surface area contributed by atoms with Crippen molar-refractivity contribution in [1.29, 1.82) is 0 Å². The number of carboxylic acids is 1. The zero-order valence-electron chi connectivity index (χ0n) is 10.4. The summed E-state index contributed by atoms with van der Waals surface area (Å²) in [6, 6.07) is 1.73. The average molecular weight is 321 g/mol. The van der Waals surface area contributed by atoms with Crippen LogP contribution < -0.4 is 10.1 Å². The van der Waals surface area contributed by atoms with Gasteiger partial charge in [0.2, 0.25) is 0 Å². The minimum absolute atomic E-state index is 0.144. The molecular weight excluding hydrogens is 306 g/mol. The second-order valence-corrected chi connectivity index (χ2v) is 6.95. The number of carbonyl (C=O) groups excluding carboxylic acids is 1. The molecule has 0 aliphatic rings. The van der Waals surface area contributed by atoms with Gasteiger partial charge in [0.05, 0.1) is 19.1 Å². The molecule has 0 radical (unpaired) electrons. The molecule has 0 spiro atoms. The molecule has 19 heavy (non-hydrogen) atoms. The zero-order chi connectivity index (χ0) is 14.1. The fourth-order valence-electron chi connectivity index (χ4n) is 1.17.